The van der Waals surface area contributed by atoms with Crippen LogP contribution in [0, 0.1) is 0 Å². The molecule has 1 fully saturated rings. The Morgan fingerprint density at radius 2 is 1.65 bits per heavy atom. The van der Waals surface area contributed by atoms with E-state index in [1.807, 2.05) is 0 Å². The molecular formula is C14H19N3O3. The van der Waals surface area contributed by atoms with Gasteiger partial charge in [-0.3, -0.25) is 9.59 Å². The zero-order chi connectivity index (χ0) is 14.5. The van der Waals surface area contributed by atoms with Gasteiger partial charge in [0.2, 0.25) is 5.91 Å². The number of amides is 2. The first-order chi connectivity index (χ1) is 9.61. The zero-order valence-corrected chi connectivity index (χ0v) is 11.5. The van der Waals surface area contributed by atoms with Crippen LogP contribution >= 0.6 is 0 Å². The van der Waals surface area contributed by atoms with Gasteiger partial charge in [-0.2, -0.15) is 0 Å². The second-order valence-electron chi connectivity index (χ2n) is 4.73. The van der Waals surface area contributed by atoms with Crippen molar-refractivity contribution in [3.8, 4) is 0 Å². The van der Waals surface area contributed by atoms with Crippen LogP contribution in [0.5, 0.6) is 0 Å². The number of nitrogens with zero attached hydrogens (tertiary/aromatic N) is 2. The van der Waals surface area contributed by atoms with E-state index in [-0.39, 0.29) is 18.4 Å². The Morgan fingerprint density at radius 3 is 2.20 bits per heavy atom. The van der Waals surface area contributed by atoms with Crippen molar-refractivity contribution in [3.63, 3.8) is 0 Å². The van der Waals surface area contributed by atoms with Crippen molar-refractivity contribution in [2.45, 2.75) is 0 Å². The molecule has 0 radical (unpaired) electrons. The van der Waals surface area contributed by atoms with Gasteiger partial charge in [0.05, 0.1) is 0 Å². The van der Waals surface area contributed by atoms with Crippen LogP contribution < -0.4 is 5.73 Å². The minimum absolute atomic E-state index is 0.0242. The van der Waals surface area contributed by atoms with Crippen LogP contribution in [0.3, 0.4) is 0 Å². The van der Waals surface area contributed by atoms with E-state index in [0.29, 0.717) is 37.4 Å². The Morgan fingerprint density at radius 1 is 1.10 bits per heavy atom. The molecule has 6 nitrogen and oxygen atoms in total. The average Bonchev–Trinajstić information content (AvgIpc) is 2.48. The van der Waals surface area contributed by atoms with Gasteiger partial charge in [0, 0.05) is 44.5 Å². The van der Waals surface area contributed by atoms with Crippen molar-refractivity contribution in [3.05, 3.63) is 29.8 Å². The SMILES string of the molecule is COCC(=O)N1CCN(C(=O)c2ccc(N)cc2)CC1. The summed E-state index contributed by atoms with van der Waals surface area (Å²) in [5.41, 5.74) is 6.86. The highest BCUT2D eigenvalue weighted by atomic mass is 16.5. The fourth-order valence-corrected chi connectivity index (χ4v) is 2.18. The van der Waals surface area contributed by atoms with Crippen LogP contribution in [0.15, 0.2) is 24.3 Å². The highest BCUT2D eigenvalue weighted by molar-refractivity contribution is 5.94. The number of carbonyl (C=O) groups is 2. The number of hydrogen-bond donors (Lipinski definition) is 1. The lowest BCUT2D eigenvalue weighted by Gasteiger charge is -2.34. The van der Waals surface area contributed by atoms with E-state index >= 15 is 0 Å². The second-order valence-corrected chi connectivity index (χ2v) is 4.73. The smallest absolute Gasteiger partial charge is 0.253 e. The number of benzene rings is 1. The summed E-state index contributed by atoms with van der Waals surface area (Å²) in [4.78, 5) is 27.4. The summed E-state index contributed by atoms with van der Waals surface area (Å²) in [7, 11) is 1.50. The molecule has 0 spiro atoms. The molecule has 0 aromatic heterocycles. The van der Waals surface area contributed by atoms with Gasteiger partial charge in [-0.1, -0.05) is 0 Å². The highest BCUT2D eigenvalue weighted by Crippen LogP contribution is 2.11. The van der Waals surface area contributed by atoms with Crippen molar-refractivity contribution in [1.82, 2.24) is 9.80 Å². The Balaban J connectivity index is 1.92. The molecule has 6 heteroatoms. The first-order valence-electron chi connectivity index (χ1n) is 6.53. The van der Waals surface area contributed by atoms with E-state index < -0.39 is 0 Å². The van der Waals surface area contributed by atoms with E-state index in [4.69, 9.17) is 10.5 Å². The second kappa shape index (κ2) is 6.38. The summed E-state index contributed by atoms with van der Waals surface area (Å²) in [5.74, 6) is -0.0593. The molecule has 1 heterocycles. The number of nitrogens with two attached hydrogens (primary N) is 1. The predicted octanol–water partition coefficient (Wildman–Crippen LogP) is 0.200. The molecule has 108 valence electrons. The van der Waals surface area contributed by atoms with Gasteiger partial charge in [-0.15, -0.1) is 0 Å². The Labute approximate surface area is 118 Å². The quantitative estimate of drug-likeness (QED) is 0.801. The van der Waals surface area contributed by atoms with Gasteiger partial charge in [0.25, 0.3) is 5.91 Å². The first-order valence-corrected chi connectivity index (χ1v) is 6.53. The van der Waals surface area contributed by atoms with Gasteiger partial charge in [0.15, 0.2) is 0 Å². The number of anilines is 1. The molecule has 1 aromatic carbocycles. The number of carbonyl (C=O) groups excluding carboxylic acids is 2. The molecule has 2 amide bonds. The van der Waals surface area contributed by atoms with E-state index in [9.17, 15) is 9.59 Å². The third-order valence-corrected chi connectivity index (χ3v) is 3.35. The normalized spacial score (nSPS) is 15.2. The lowest BCUT2D eigenvalue weighted by Crippen LogP contribution is -2.51. The van der Waals surface area contributed by atoms with Gasteiger partial charge in [0.1, 0.15) is 6.61 Å². The molecule has 0 unspecified atom stereocenters. The lowest BCUT2D eigenvalue weighted by atomic mass is 10.1. The summed E-state index contributed by atoms with van der Waals surface area (Å²) in [6.45, 7) is 2.26. The summed E-state index contributed by atoms with van der Waals surface area (Å²) in [5, 5.41) is 0. The molecule has 1 aliphatic rings. The number of nitrogen functional groups attached to an aromatic ring is 1. The number of hydrogen-bond acceptors (Lipinski definition) is 4. The molecule has 1 aromatic rings. The fraction of sp³-hybridized carbons (Fsp3) is 0.429. The fourth-order valence-electron chi connectivity index (χ4n) is 2.18. The van der Waals surface area contributed by atoms with Crippen molar-refractivity contribution >= 4 is 17.5 Å². The third-order valence-electron chi connectivity index (χ3n) is 3.35. The highest BCUT2D eigenvalue weighted by Gasteiger charge is 2.24. The number of ether oxygens (including phenoxy) is 1. The van der Waals surface area contributed by atoms with Gasteiger partial charge in [-0.25, -0.2) is 0 Å². The van der Waals surface area contributed by atoms with E-state index in [2.05, 4.69) is 0 Å². The molecule has 0 aliphatic carbocycles. The minimum atomic E-state index is -0.0351. The van der Waals surface area contributed by atoms with Crippen LogP contribution in [-0.2, 0) is 9.53 Å². The summed E-state index contributed by atoms with van der Waals surface area (Å²) >= 11 is 0. The van der Waals surface area contributed by atoms with Crippen LogP contribution in [0.25, 0.3) is 0 Å². The topological polar surface area (TPSA) is 75.9 Å². The maximum Gasteiger partial charge on any atom is 0.253 e. The molecule has 1 saturated heterocycles. The van der Waals surface area contributed by atoms with Crippen molar-refractivity contribution in [2.75, 3.05) is 45.6 Å². The van der Waals surface area contributed by atoms with Gasteiger partial charge < -0.3 is 20.3 Å². The predicted molar refractivity (Wildman–Crippen MR) is 75.2 cm³/mol. The molecule has 0 saturated carbocycles. The average molecular weight is 277 g/mol. The zero-order valence-electron chi connectivity index (χ0n) is 11.5. The molecule has 2 rings (SSSR count). The molecule has 1 aliphatic heterocycles. The van der Waals surface area contributed by atoms with Crippen molar-refractivity contribution in [1.29, 1.82) is 0 Å². The van der Waals surface area contributed by atoms with E-state index in [0.717, 1.165) is 0 Å². The summed E-state index contributed by atoms with van der Waals surface area (Å²) in [6, 6.07) is 6.87. The third kappa shape index (κ3) is 3.27. The van der Waals surface area contributed by atoms with Gasteiger partial charge >= 0.3 is 0 Å². The molecular weight excluding hydrogens is 258 g/mol. The van der Waals surface area contributed by atoms with Crippen LogP contribution in [0.1, 0.15) is 10.4 Å². The van der Waals surface area contributed by atoms with Crippen LogP contribution in [0.2, 0.25) is 0 Å². The van der Waals surface area contributed by atoms with Gasteiger partial charge in [-0.05, 0) is 24.3 Å². The van der Waals surface area contributed by atoms with Crippen molar-refractivity contribution < 1.29 is 14.3 Å². The minimum Gasteiger partial charge on any atom is -0.399 e. The summed E-state index contributed by atoms with van der Waals surface area (Å²) < 4.78 is 4.83. The first kappa shape index (κ1) is 14.3. The molecule has 2 N–H and O–H groups in total. The lowest BCUT2D eigenvalue weighted by molar-refractivity contribution is -0.136. The van der Waals surface area contributed by atoms with Crippen molar-refractivity contribution in [2.24, 2.45) is 0 Å². The molecule has 20 heavy (non-hydrogen) atoms. The van der Waals surface area contributed by atoms with Crippen LogP contribution in [-0.4, -0.2) is 61.5 Å². The number of piperazine rings is 1. The van der Waals surface area contributed by atoms with E-state index in [1.165, 1.54) is 7.11 Å². The Bertz CT molecular complexity index is 479. The maximum atomic E-state index is 12.3. The largest absolute Gasteiger partial charge is 0.399 e. The molecule has 0 atom stereocenters. The summed E-state index contributed by atoms with van der Waals surface area (Å²) in [6.07, 6.45) is 0. The Kier molecular flexibility index (Phi) is 4.57. The molecule has 0 bridgehead atoms. The monoisotopic (exact) mass is 277 g/mol. The maximum absolute atomic E-state index is 12.3. The number of rotatable bonds is 3. The standard InChI is InChI=1S/C14H19N3O3/c1-20-10-13(18)16-6-8-17(9-7-16)14(19)11-2-4-12(15)5-3-11/h2-5H,6-10,15H2,1H3. The Hall–Kier alpha value is -2.08. The van der Waals surface area contributed by atoms with Crippen LogP contribution in [0.4, 0.5) is 5.69 Å². The van der Waals surface area contributed by atoms with E-state index in [1.54, 1.807) is 34.1 Å². The number of methoxy groups -OCH3 is 1.